The van der Waals surface area contributed by atoms with E-state index in [1.54, 1.807) is 0 Å². The molecule has 0 radical (unpaired) electrons. The first-order valence-electron chi connectivity index (χ1n) is 30.3. The summed E-state index contributed by atoms with van der Waals surface area (Å²) < 4.78 is 9.68. The van der Waals surface area contributed by atoms with Gasteiger partial charge in [0.2, 0.25) is 0 Å². The molecule has 0 aliphatic heterocycles. The summed E-state index contributed by atoms with van der Waals surface area (Å²) in [7, 11) is 0. The van der Waals surface area contributed by atoms with Crippen LogP contribution in [0.5, 0.6) is 0 Å². The van der Waals surface area contributed by atoms with Gasteiger partial charge in [-0.15, -0.1) is 0 Å². The lowest BCUT2D eigenvalue weighted by atomic mass is 9.92. The molecule has 0 aliphatic carbocycles. The van der Waals surface area contributed by atoms with Crippen molar-refractivity contribution < 1.29 is 0 Å². The summed E-state index contributed by atoms with van der Waals surface area (Å²) in [6.45, 7) is 0. The first-order chi connectivity index (χ1) is 44.6. The minimum atomic E-state index is 0.512. The maximum Gasteiger partial charge on any atom is 0.166 e. The SMILES string of the molecule is N#Cc1cccc(-c2ccc(-n3c4ccccc4c4cc5c6ccccc6n(-c6ccccc6)c5cc43)c(-c3cccc(-n4c5ccccc5c5cc6c7ccccc7n(-c7ccccc7)c6cc54)c3-c3nc(-c4ccccc4)nc(-c4ccccc4)n3)c2)c1. The van der Waals surface area contributed by atoms with Gasteiger partial charge >= 0.3 is 0 Å². The van der Waals surface area contributed by atoms with Crippen molar-refractivity contribution in [2.24, 2.45) is 0 Å². The Bertz CT molecular complexity index is 5910. The van der Waals surface area contributed by atoms with Crippen LogP contribution in [0.25, 0.3) is 166 Å². The molecule has 8 heteroatoms. The van der Waals surface area contributed by atoms with Gasteiger partial charge in [0.05, 0.1) is 72.7 Å². The van der Waals surface area contributed by atoms with Gasteiger partial charge in [-0.3, -0.25) is 0 Å². The Morgan fingerprint density at radius 3 is 1.12 bits per heavy atom. The highest BCUT2D eigenvalue weighted by Gasteiger charge is 2.28. The highest BCUT2D eigenvalue weighted by atomic mass is 15.1. The number of para-hydroxylation sites is 6. The molecule has 5 aromatic heterocycles. The van der Waals surface area contributed by atoms with Gasteiger partial charge in [-0.2, -0.15) is 5.26 Å². The Morgan fingerprint density at radius 1 is 0.244 bits per heavy atom. The Morgan fingerprint density at radius 2 is 0.633 bits per heavy atom. The summed E-state index contributed by atoms with van der Waals surface area (Å²) in [5, 5.41) is 19.6. The second kappa shape index (κ2) is 20.3. The van der Waals surface area contributed by atoms with E-state index in [-0.39, 0.29) is 0 Å². The lowest BCUT2D eigenvalue weighted by Gasteiger charge is -2.21. The molecule has 8 nitrogen and oxygen atoms in total. The van der Waals surface area contributed by atoms with E-state index in [2.05, 4.69) is 273 Å². The average Bonchev–Trinajstić information content (AvgIpc) is 1.56. The van der Waals surface area contributed by atoms with E-state index in [9.17, 15) is 5.26 Å². The summed E-state index contributed by atoms with van der Waals surface area (Å²) in [4.78, 5) is 16.6. The molecule has 418 valence electrons. The van der Waals surface area contributed by atoms with Crippen LogP contribution in [-0.4, -0.2) is 33.2 Å². The van der Waals surface area contributed by atoms with Gasteiger partial charge in [0.15, 0.2) is 17.5 Å². The van der Waals surface area contributed by atoms with Gasteiger partial charge in [0.1, 0.15) is 0 Å². The van der Waals surface area contributed by atoms with Crippen LogP contribution in [0.4, 0.5) is 0 Å². The lowest BCUT2D eigenvalue weighted by molar-refractivity contribution is 1.06. The van der Waals surface area contributed by atoms with Gasteiger partial charge in [-0.25, -0.2) is 15.0 Å². The first-order valence-corrected chi connectivity index (χ1v) is 30.3. The molecular weight excluding hydrogens is 1100 g/mol. The Kier molecular flexibility index (Phi) is 11.5. The molecule has 0 N–H and O–H groups in total. The van der Waals surface area contributed by atoms with Crippen molar-refractivity contribution in [3.8, 4) is 85.2 Å². The molecule has 0 saturated carbocycles. The van der Waals surface area contributed by atoms with Crippen molar-refractivity contribution in [3.05, 3.63) is 309 Å². The summed E-state index contributed by atoms with van der Waals surface area (Å²) in [5.41, 5.74) is 19.5. The summed E-state index contributed by atoms with van der Waals surface area (Å²) in [6, 6.07) is 110. The normalized spacial score (nSPS) is 11.8. The molecule has 13 aromatic carbocycles. The molecule has 0 unspecified atom stereocenters. The van der Waals surface area contributed by atoms with E-state index < -0.39 is 0 Å². The highest BCUT2D eigenvalue weighted by Crippen LogP contribution is 2.48. The van der Waals surface area contributed by atoms with Crippen molar-refractivity contribution in [3.63, 3.8) is 0 Å². The molecule has 0 fully saturated rings. The molecule has 0 spiro atoms. The molecular formula is C82H50N8. The van der Waals surface area contributed by atoms with Crippen LogP contribution in [0, 0.1) is 11.3 Å². The fourth-order valence-electron chi connectivity index (χ4n) is 14.1. The fourth-order valence-corrected chi connectivity index (χ4v) is 14.1. The monoisotopic (exact) mass is 1150 g/mol. The molecule has 0 atom stereocenters. The third-order valence-electron chi connectivity index (χ3n) is 18.0. The fraction of sp³-hybridized carbons (Fsp3) is 0. The van der Waals surface area contributed by atoms with Crippen LogP contribution in [0.1, 0.15) is 5.56 Å². The average molecular weight is 1150 g/mol. The predicted octanol–water partition coefficient (Wildman–Crippen LogP) is 20.5. The quantitative estimate of drug-likeness (QED) is 0.144. The number of hydrogen-bond acceptors (Lipinski definition) is 4. The van der Waals surface area contributed by atoms with Crippen molar-refractivity contribution in [2.45, 2.75) is 0 Å². The predicted molar refractivity (Wildman–Crippen MR) is 369 cm³/mol. The highest BCUT2D eigenvalue weighted by molar-refractivity contribution is 6.21. The van der Waals surface area contributed by atoms with Gasteiger partial charge < -0.3 is 18.3 Å². The smallest absolute Gasteiger partial charge is 0.166 e. The summed E-state index contributed by atoms with van der Waals surface area (Å²) in [6.07, 6.45) is 0. The van der Waals surface area contributed by atoms with Crippen LogP contribution in [0.15, 0.2) is 303 Å². The van der Waals surface area contributed by atoms with Gasteiger partial charge in [0.25, 0.3) is 0 Å². The third-order valence-corrected chi connectivity index (χ3v) is 18.0. The number of fused-ring (bicyclic) bond motifs is 12. The number of nitrogens with zero attached hydrogens (tertiary/aromatic N) is 8. The number of aromatic nitrogens is 7. The largest absolute Gasteiger partial charge is 0.309 e. The minimum absolute atomic E-state index is 0.512. The molecule has 0 amide bonds. The maximum absolute atomic E-state index is 10.4. The Balaban J connectivity index is 1.00. The summed E-state index contributed by atoms with van der Waals surface area (Å²) in [5.74, 6) is 1.62. The molecule has 18 rings (SSSR count). The van der Waals surface area contributed by atoms with Crippen molar-refractivity contribution in [1.82, 2.24) is 33.2 Å². The van der Waals surface area contributed by atoms with Crippen LogP contribution >= 0.6 is 0 Å². The van der Waals surface area contributed by atoms with Crippen molar-refractivity contribution >= 4 is 87.2 Å². The van der Waals surface area contributed by atoms with Crippen molar-refractivity contribution in [2.75, 3.05) is 0 Å². The molecule has 5 heterocycles. The van der Waals surface area contributed by atoms with Gasteiger partial charge in [0, 0.05) is 71.2 Å². The zero-order valence-electron chi connectivity index (χ0n) is 48.4. The zero-order chi connectivity index (χ0) is 59.4. The van der Waals surface area contributed by atoms with Gasteiger partial charge in [-0.1, -0.05) is 200 Å². The molecule has 18 aromatic rings. The van der Waals surface area contributed by atoms with Crippen LogP contribution in [-0.2, 0) is 0 Å². The lowest BCUT2D eigenvalue weighted by Crippen LogP contribution is -2.06. The molecule has 90 heavy (non-hydrogen) atoms. The number of benzene rings is 13. The number of hydrogen-bond donors (Lipinski definition) is 0. The van der Waals surface area contributed by atoms with Crippen LogP contribution in [0.2, 0.25) is 0 Å². The van der Waals surface area contributed by atoms with E-state index in [0.717, 1.165) is 127 Å². The molecule has 0 saturated heterocycles. The van der Waals surface area contributed by atoms with E-state index >= 15 is 0 Å². The zero-order valence-corrected chi connectivity index (χ0v) is 48.4. The topological polar surface area (TPSA) is 82.2 Å². The molecule has 0 bridgehead atoms. The third kappa shape index (κ3) is 7.90. The Hall–Kier alpha value is -12.4. The number of rotatable bonds is 9. The van der Waals surface area contributed by atoms with Crippen LogP contribution < -0.4 is 0 Å². The maximum atomic E-state index is 10.4. The minimum Gasteiger partial charge on any atom is -0.309 e. The van der Waals surface area contributed by atoms with E-state index in [1.807, 2.05) is 54.6 Å². The van der Waals surface area contributed by atoms with Crippen LogP contribution in [0.3, 0.4) is 0 Å². The standard InChI is InChI=1S/C82H50N8/c83-51-52-23-21-28-55(45-52)56-43-44-73(89-71-40-19-15-35-61(71)67-47-65-59-33-13-17-38-69(59)87(75(65)49-77(67)89)57-29-9-3-10-30-57)64(46-56)63-37-22-42-74(79(63)82-85-80(53-24-5-1-6-25-53)84-81(86-82)54-26-7-2-8-27-54)90-72-41-20-16-36-62(72)68-48-66-60-34-14-18-39-70(60)88(76(66)50-78(68)90)58-31-11-4-12-32-58/h1-50H. The van der Waals surface area contributed by atoms with E-state index in [0.29, 0.717) is 23.0 Å². The second-order valence-corrected chi connectivity index (χ2v) is 23.0. The molecule has 0 aliphatic rings. The Labute approximate surface area is 516 Å². The second-order valence-electron chi connectivity index (χ2n) is 23.0. The van der Waals surface area contributed by atoms with Crippen molar-refractivity contribution in [1.29, 1.82) is 5.26 Å². The van der Waals surface area contributed by atoms with Gasteiger partial charge in [-0.05, 0) is 120 Å². The first kappa shape index (κ1) is 50.8. The van der Waals surface area contributed by atoms with E-state index in [4.69, 9.17) is 15.0 Å². The van der Waals surface area contributed by atoms with E-state index in [1.165, 1.54) is 21.5 Å². The number of nitriles is 1. The summed E-state index contributed by atoms with van der Waals surface area (Å²) >= 11 is 0.